The zero-order valence-electron chi connectivity index (χ0n) is 21.8. The summed E-state index contributed by atoms with van der Waals surface area (Å²) in [6.07, 6.45) is 5.68. The molecule has 1 fully saturated rings. The van der Waals surface area contributed by atoms with E-state index in [-0.39, 0.29) is 24.2 Å². The molecular formula is C29H33ClN6O2. The van der Waals surface area contributed by atoms with Gasteiger partial charge in [-0.1, -0.05) is 38.1 Å². The maximum atomic E-state index is 12.4. The van der Waals surface area contributed by atoms with Crippen molar-refractivity contribution in [3.05, 3.63) is 66.5 Å². The molecule has 198 valence electrons. The Balaban J connectivity index is 0.00000336. The number of rotatable bonds is 7. The third-order valence-corrected chi connectivity index (χ3v) is 6.52. The molecule has 1 aliphatic heterocycles. The monoisotopic (exact) mass is 532 g/mol. The summed E-state index contributed by atoms with van der Waals surface area (Å²) in [7, 11) is 0. The van der Waals surface area contributed by atoms with Crippen molar-refractivity contribution in [1.29, 1.82) is 0 Å². The second-order valence-electron chi connectivity index (χ2n) is 9.67. The number of pyridine rings is 1. The third kappa shape index (κ3) is 6.03. The number of nitrogens with zero attached hydrogens (tertiary/aromatic N) is 3. The van der Waals surface area contributed by atoms with Crippen molar-refractivity contribution in [2.75, 3.05) is 23.7 Å². The molecular weight excluding hydrogens is 500 g/mol. The van der Waals surface area contributed by atoms with Crippen LogP contribution in [0.5, 0.6) is 11.6 Å². The van der Waals surface area contributed by atoms with Crippen molar-refractivity contribution in [2.24, 2.45) is 5.92 Å². The van der Waals surface area contributed by atoms with E-state index in [1.807, 2.05) is 69.3 Å². The second kappa shape index (κ2) is 12.2. The standard InChI is InChI=1S/C29H32N6O2.ClH/c1-18(2)27(36)34-24-10-4-8-22-21(24)12-11-19(3)26(22)37-28-23(9-6-15-31-28)25-13-16-32-29(35-25)33-20-7-5-14-30-17-20;/h4,6,8-13,15-16,18,20,30H,5,7,14,17H2,1-3H3,(H,34,36)(H,32,33,35);1H. The van der Waals surface area contributed by atoms with Crippen LogP contribution in [-0.4, -0.2) is 40.0 Å². The lowest BCUT2D eigenvalue weighted by molar-refractivity contribution is -0.118. The molecule has 1 amide bonds. The first-order valence-electron chi connectivity index (χ1n) is 12.8. The highest BCUT2D eigenvalue weighted by Gasteiger charge is 2.18. The lowest BCUT2D eigenvalue weighted by Crippen LogP contribution is -2.38. The summed E-state index contributed by atoms with van der Waals surface area (Å²) in [5.41, 5.74) is 3.22. The van der Waals surface area contributed by atoms with Crippen LogP contribution in [0.15, 0.2) is 60.9 Å². The molecule has 8 nitrogen and oxygen atoms in total. The first kappa shape index (κ1) is 27.3. The molecule has 2 aromatic heterocycles. The van der Waals surface area contributed by atoms with Gasteiger partial charge < -0.3 is 20.7 Å². The topological polar surface area (TPSA) is 101 Å². The second-order valence-corrected chi connectivity index (χ2v) is 9.67. The van der Waals surface area contributed by atoms with E-state index in [4.69, 9.17) is 9.72 Å². The van der Waals surface area contributed by atoms with Crippen molar-refractivity contribution in [3.63, 3.8) is 0 Å². The number of amides is 1. The average molecular weight is 533 g/mol. The summed E-state index contributed by atoms with van der Waals surface area (Å²) >= 11 is 0. The van der Waals surface area contributed by atoms with Crippen molar-refractivity contribution < 1.29 is 9.53 Å². The highest BCUT2D eigenvalue weighted by molar-refractivity contribution is 6.05. The number of piperidine rings is 1. The first-order chi connectivity index (χ1) is 18.0. The Kier molecular flexibility index (Phi) is 8.76. The number of fused-ring (bicyclic) bond motifs is 1. The van der Waals surface area contributed by atoms with Gasteiger partial charge in [0, 0.05) is 47.4 Å². The predicted octanol–water partition coefficient (Wildman–Crippen LogP) is 5.97. The van der Waals surface area contributed by atoms with E-state index in [2.05, 4.69) is 25.9 Å². The fraction of sp³-hybridized carbons (Fsp3) is 0.310. The molecule has 9 heteroatoms. The van der Waals surface area contributed by atoms with Crippen molar-refractivity contribution in [2.45, 2.75) is 39.7 Å². The molecule has 0 bridgehead atoms. The summed E-state index contributed by atoms with van der Waals surface area (Å²) in [5.74, 6) is 1.60. The van der Waals surface area contributed by atoms with Crippen LogP contribution in [0.3, 0.4) is 0 Å². The van der Waals surface area contributed by atoms with Gasteiger partial charge in [-0.15, -0.1) is 12.4 Å². The first-order valence-corrected chi connectivity index (χ1v) is 12.8. The summed E-state index contributed by atoms with van der Waals surface area (Å²) in [6.45, 7) is 7.70. The van der Waals surface area contributed by atoms with Gasteiger partial charge in [-0.3, -0.25) is 4.79 Å². The molecule has 0 saturated carbocycles. The highest BCUT2D eigenvalue weighted by Crippen LogP contribution is 2.38. The Morgan fingerprint density at radius 3 is 2.71 bits per heavy atom. The largest absolute Gasteiger partial charge is 0.437 e. The molecule has 1 unspecified atom stereocenters. The molecule has 3 N–H and O–H groups in total. The minimum Gasteiger partial charge on any atom is -0.437 e. The predicted molar refractivity (Wildman–Crippen MR) is 154 cm³/mol. The Morgan fingerprint density at radius 2 is 1.92 bits per heavy atom. The van der Waals surface area contributed by atoms with Gasteiger partial charge in [-0.25, -0.2) is 15.0 Å². The number of aromatic nitrogens is 3. The Morgan fingerprint density at radius 1 is 1.05 bits per heavy atom. The fourth-order valence-electron chi connectivity index (χ4n) is 4.46. The van der Waals surface area contributed by atoms with Gasteiger partial charge in [-0.05, 0) is 56.1 Å². The minimum absolute atomic E-state index is 0. The van der Waals surface area contributed by atoms with Crippen LogP contribution >= 0.6 is 12.4 Å². The summed E-state index contributed by atoms with van der Waals surface area (Å²) in [4.78, 5) is 26.1. The van der Waals surface area contributed by atoms with Crippen molar-refractivity contribution in [1.82, 2.24) is 20.3 Å². The molecule has 1 atom stereocenters. The molecule has 5 rings (SSSR count). The van der Waals surface area contributed by atoms with Gasteiger partial charge in [0.15, 0.2) is 0 Å². The van der Waals surface area contributed by atoms with Gasteiger partial charge in [0.2, 0.25) is 17.7 Å². The molecule has 1 saturated heterocycles. The zero-order valence-corrected chi connectivity index (χ0v) is 22.6. The lowest BCUT2D eigenvalue weighted by Gasteiger charge is -2.23. The van der Waals surface area contributed by atoms with Crippen molar-refractivity contribution in [3.8, 4) is 22.9 Å². The average Bonchev–Trinajstić information content (AvgIpc) is 2.91. The van der Waals surface area contributed by atoms with E-state index < -0.39 is 0 Å². The molecule has 1 aliphatic rings. The van der Waals surface area contributed by atoms with Crippen LogP contribution in [0.1, 0.15) is 32.3 Å². The quantitative estimate of drug-likeness (QED) is 0.269. The number of carbonyl (C=O) groups is 1. The van der Waals surface area contributed by atoms with Crippen LogP contribution in [0.25, 0.3) is 22.0 Å². The van der Waals surface area contributed by atoms with Crippen LogP contribution in [0.4, 0.5) is 11.6 Å². The number of carbonyl (C=O) groups excluding carboxylic acids is 1. The maximum Gasteiger partial charge on any atom is 0.228 e. The Hall–Kier alpha value is -3.75. The smallest absolute Gasteiger partial charge is 0.228 e. The Bertz CT molecular complexity index is 1420. The number of anilines is 2. The molecule has 0 radical (unpaired) electrons. The van der Waals surface area contributed by atoms with Crippen LogP contribution in [-0.2, 0) is 4.79 Å². The molecule has 3 heterocycles. The van der Waals surface area contributed by atoms with Crippen LogP contribution < -0.4 is 20.7 Å². The number of ether oxygens (including phenoxy) is 1. The van der Waals surface area contributed by atoms with Gasteiger partial charge in [0.25, 0.3) is 0 Å². The Labute approximate surface area is 229 Å². The van der Waals surface area contributed by atoms with E-state index >= 15 is 0 Å². The molecule has 38 heavy (non-hydrogen) atoms. The number of benzene rings is 2. The molecule has 2 aromatic carbocycles. The number of halogens is 1. The van der Waals surface area contributed by atoms with E-state index in [1.165, 1.54) is 0 Å². The van der Waals surface area contributed by atoms with Crippen LogP contribution in [0, 0.1) is 12.8 Å². The molecule has 0 aliphatic carbocycles. The van der Waals surface area contributed by atoms with Gasteiger partial charge in [0.1, 0.15) is 5.75 Å². The zero-order chi connectivity index (χ0) is 25.8. The summed E-state index contributed by atoms with van der Waals surface area (Å²) < 4.78 is 6.49. The van der Waals surface area contributed by atoms with E-state index in [0.717, 1.165) is 59.2 Å². The van der Waals surface area contributed by atoms with Gasteiger partial charge >= 0.3 is 0 Å². The lowest BCUT2D eigenvalue weighted by atomic mass is 10.0. The normalized spacial score (nSPS) is 15.1. The minimum atomic E-state index is -0.117. The van der Waals surface area contributed by atoms with Crippen LogP contribution in [0.2, 0.25) is 0 Å². The fourth-order valence-corrected chi connectivity index (χ4v) is 4.46. The number of hydrogen-bond donors (Lipinski definition) is 3. The van der Waals surface area contributed by atoms with E-state index in [1.54, 1.807) is 12.4 Å². The van der Waals surface area contributed by atoms with E-state index in [0.29, 0.717) is 23.6 Å². The number of nitrogens with one attached hydrogen (secondary N) is 3. The number of hydrogen-bond acceptors (Lipinski definition) is 7. The summed E-state index contributed by atoms with van der Waals surface area (Å²) in [5, 5.41) is 11.7. The third-order valence-electron chi connectivity index (χ3n) is 6.52. The highest BCUT2D eigenvalue weighted by atomic mass is 35.5. The van der Waals surface area contributed by atoms with E-state index in [9.17, 15) is 4.79 Å². The SMILES string of the molecule is Cc1ccc2c(NC(=O)C(C)C)cccc2c1Oc1ncccc1-c1ccnc(NC2CCCNC2)n1.Cl. The van der Waals surface area contributed by atoms with Crippen molar-refractivity contribution >= 4 is 40.7 Å². The summed E-state index contributed by atoms with van der Waals surface area (Å²) in [6, 6.07) is 15.8. The van der Waals surface area contributed by atoms with Gasteiger partial charge in [-0.2, -0.15) is 0 Å². The molecule has 0 spiro atoms. The molecule has 4 aromatic rings. The maximum absolute atomic E-state index is 12.4. The number of aryl methyl sites for hydroxylation is 1. The van der Waals surface area contributed by atoms with Gasteiger partial charge in [0.05, 0.1) is 11.3 Å².